The molecule has 156 valence electrons. The molecule has 2 amide bonds. The summed E-state index contributed by atoms with van der Waals surface area (Å²) in [6.07, 6.45) is 0.112. The topological polar surface area (TPSA) is 102 Å². The van der Waals surface area contributed by atoms with E-state index in [1.54, 1.807) is 4.90 Å². The fourth-order valence-electron chi connectivity index (χ4n) is 2.81. The van der Waals surface area contributed by atoms with Crippen molar-refractivity contribution in [3.8, 4) is 11.5 Å². The number of thioether (sulfide) groups is 1. The largest absolute Gasteiger partial charge is 0.411 e. The van der Waals surface area contributed by atoms with Crippen LogP contribution in [0.4, 0.5) is 0 Å². The van der Waals surface area contributed by atoms with E-state index in [1.165, 1.54) is 17.3 Å². The third kappa shape index (κ3) is 5.93. The van der Waals surface area contributed by atoms with Crippen molar-refractivity contribution >= 4 is 23.6 Å². The first-order valence-electron chi connectivity index (χ1n) is 9.56. The molecule has 2 N–H and O–H groups in total. The van der Waals surface area contributed by atoms with Gasteiger partial charge in [-0.3, -0.25) is 9.59 Å². The number of primary amides is 1. The highest BCUT2D eigenvalue weighted by Gasteiger charge is 2.17. The summed E-state index contributed by atoms with van der Waals surface area (Å²) < 4.78 is 5.71. The summed E-state index contributed by atoms with van der Waals surface area (Å²) in [5, 5.41) is 8.44. The van der Waals surface area contributed by atoms with Crippen LogP contribution in [0.3, 0.4) is 0 Å². The summed E-state index contributed by atoms with van der Waals surface area (Å²) in [7, 11) is 0. The molecule has 3 aromatic rings. The van der Waals surface area contributed by atoms with Crippen LogP contribution in [0.5, 0.6) is 0 Å². The van der Waals surface area contributed by atoms with E-state index in [-0.39, 0.29) is 24.6 Å². The molecule has 1 heterocycles. The molecule has 0 atom stereocenters. The number of hydrogen-bond donors (Lipinski definition) is 1. The Balaban J connectivity index is 1.63. The Hall–Kier alpha value is -3.13. The molecule has 0 aliphatic rings. The lowest BCUT2D eigenvalue weighted by molar-refractivity contribution is -0.129. The first-order valence-corrected chi connectivity index (χ1v) is 10.5. The van der Waals surface area contributed by atoms with Crippen LogP contribution in [0, 0.1) is 13.8 Å². The number of aryl methyl sites for hydroxylation is 2. The lowest BCUT2D eigenvalue weighted by Gasteiger charge is -2.22. The van der Waals surface area contributed by atoms with Crippen molar-refractivity contribution < 1.29 is 14.0 Å². The average Bonchev–Trinajstić information content (AvgIpc) is 3.21. The van der Waals surface area contributed by atoms with Crippen LogP contribution in [0.25, 0.3) is 11.5 Å². The molecule has 0 aliphatic carbocycles. The van der Waals surface area contributed by atoms with Gasteiger partial charge in [0.2, 0.25) is 17.7 Å². The van der Waals surface area contributed by atoms with E-state index in [4.69, 9.17) is 10.2 Å². The van der Waals surface area contributed by atoms with Gasteiger partial charge in [-0.25, -0.2) is 0 Å². The van der Waals surface area contributed by atoms with Gasteiger partial charge in [-0.1, -0.05) is 48.2 Å². The van der Waals surface area contributed by atoms with Crippen LogP contribution >= 0.6 is 11.8 Å². The molecule has 0 saturated heterocycles. The monoisotopic (exact) mass is 424 g/mol. The Morgan fingerprint density at radius 1 is 1.07 bits per heavy atom. The highest BCUT2D eigenvalue weighted by atomic mass is 32.2. The number of carbonyl (C=O) groups excluding carboxylic acids is 2. The molecule has 30 heavy (non-hydrogen) atoms. The second-order valence-corrected chi connectivity index (χ2v) is 7.90. The van der Waals surface area contributed by atoms with E-state index >= 15 is 0 Å². The number of benzene rings is 2. The predicted octanol–water partition coefficient (Wildman–Crippen LogP) is 3.35. The molecular formula is C22H24N4O3S. The first kappa shape index (κ1) is 21.6. The third-order valence-electron chi connectivity index (χ3n) is 4.68. The second kappa shape index (κ2) is 10.1. The minimum Gasteiger partial charge on any atom is -0.411 e. The maximum atomic E-state index is 12.8. The van der Waals surface area contributed by atoms with Gasteiger partial charge in [0, 0.05) is 25.1 Å². The van der Waals surface area contributed by atoms with Crippen molar-refractivity contribution in [2.45, 2.75) is 32.0 Å². The van der Waals surface area contributed by atoms with Crippen LogP contribution in [0.2, 0.25) is 0 Å². The standard InChI is InChI=1S/C22H24N4O3S/c1-15-8-9-18(12-16(15)2)21-24-25-22(29-21)30-14-20(28)26(11-10-19(23)27)13-17-6-4-3-5-7-17/h3-9,12H,10-11,13-14H2,1-2H3,(H2,23,27). The Labute approximate surface area is 179 Å². The zero-order valence-corrected chi connectivity index (χ0v) is 17.8. The van der Waals surface area contributed by atoms with Gasteiger partial charge in [0.25, 0.3) is 5.22 Å². The maximum Gasteiger partial charge on any atom is 0.277 e. The van der Waals surface area contributed by atoms with Crippen molar-refractivity contribution in [2.75, 3.05) is 12.3 Å². The molecule has 0 aliphatic heterocycles. The number of nitrogens with zero attached hydrogens (tertiary/aromatic N) is 3. The molecule has 0 spiro atoms. The predicted molar refractivity (Wildman–Crippen MR) is 116 cm³/mol. The van der Waals surface area contributed by atoms with Gasteiger partial charge < -0.3 is 15.1 Å². The maximum absolute atomic E-state index is 12.8. The van der Waals surface area contributed by atoms with Gasteiger partial charge in [0.15, 0.2) is 0 Å². The van der Waals surface area contributed by atoms with Crippen molar-refractivity contribution in [2.24, 2.45) is 5.73 Å². The van der Waals surface area contributed by atoms with Crippen molar-refractivity contribution in [1.29, 1.82) is 0 Å². The lowest BCUT2D eigenvalue weighted by atomic mass is 10.1. The molecule has 2 aromatic carbocycles. The Bertz CT molecular complexity index is 1020. The van der Waals surface area contributed by atoms with Gasteiger partial charge in [0.05, 0.1) is 5.75 Å². The van der Waals surface area contributed by atoms with Gasteiger partial charge in [-0.15, -0.1) is 10.2 Å². The van der Waals surface area contributed by atoms with Crippen molar-refractivity contribution in [3.63, 3.8) is 0 Å². The van der Waals surface area contributed by atoms with Crippen molar-refractivity contribution in [3.05, 3.63) is 65.2 Å². The Morgan fingerprint density at radius 3 is 2.53 bits per heavy atom. The summed E-state index contributed by atoms with van der Waals surface area (Å²) >= 11 is 1.18. The van der Waals surface area contributed by atoms with Gasteiger partial charge in [-0.05, 0) is 42.7 Å². The summed E-state index contributed by atoms with van der Waals surface area (Å²) in [5.41, 5.74) is 9.41. The Kier molecular flexibility index (Phi) is 7.24. The molecule has 0 saturated carbocycles. The number of nitrogens with two attached hydrogens (primary N) is 1. The number of amides is 2. The van der Waals surface area contributed by atoms with E-state index in [9.17, 15) is 9.59 Å². The zero-order valence-electron chi connectivity index (χ0n) is 17.0. The fraction of sp³-hybridized carbons (Fsp3) is 0.273. The summed E-state index contributed by atoms with van der Waals surface area (Å²) in [6.45, 7) is 4.74. The molecule has 3 rings (SSSR count). The number of rotatable bonds is 9. The molecule has 7 nitrogen and oxygen atoms in total. The summed E-state index contributed by atoms with van der Waals surface area (Å²) in [6, 6.07) is 15.5. The number of aromatic nitrogens is 2. The molecular weight excluding hydrogens is 400 g/mol. The molecule has 0 unspecified atom stereocenters. The van der Waals surface area contributed by atoms with Crippen LogP contribution in [-0.4, -0.2) is 39.2 Å². The fourth-order valence-corrected chi connectivity index (χ4v) is 3.48. The quantitative estimate of drug-likeness (QED) is 0.529. The highest BCUT2D eigenvalue weighted by molar-refractivity contribution is 7.99. The van der Waals surface area contributed by atoms with Gasteiger partial charge >= 0.3 is 0 Å². The zero-order chi connectivity index (χ0) is 21.5. The van der Waals surface area contributed by atoms with Crippen LogP contribution < -0.4 is 5.73 Å². The average molecular weight is 425 g/mol. The van der Waals surface area contributed by atoms with E-state index in [0.29, 0.717) is 17.7 Å². The minimum atomic E-state index is -0.441. The minimum absolute atomic E-state index is 0.112. The van der Waals surface area contributed by atoms with Crippen LogP contribution in [0.1, 0.15) is 23.1 Å². The van der Waals surface area contributed by atoms with E-state index < -0.39 is 5.91 Å². The van der Waals surface area contributed by atoms with Crippen LogP contribution in [0.15, 0.2) is 58.2 Å². The van der Waals surface area contributed by atoms with Crippen LogP contribution in [-0.2, 0) is 16.1 Å². The summed E-state index contributed by atoms with van der Waals surface area (Å²) in [5.74, 6) is -0.0254. The first-order chi connectivity index (χ1) is 14.4. The lowest BCUT2D eigenvalue weighted by Crippen LogP contribution is -2.34. The second-order valence-electron chi connectivity index (χ2n) is 6.98. The number of hydrogen-bond acceptors (Lipinski definition) is 6. The third-order valence-corrected chi connectivity index (χ3v) is 5.48. The SMILES string of the molecule is Cc1ccc(-c2nnc(SCC(=O)N(CCC(N)=O)Cc3ccccc3)o2)cc1C. The highest BCUT2D eigenvalue weighted by Crippen LogP contribution is 2.25. The Morgan fingerprint density at radius 2 is 1.83 bits per heavy atom. The molecule has 0 fully saturated rings. The van der Waals surface area contributed by atoms with E-state index in [2.05, 4.69) is 10.2 Å². The van der Waals surface area contributed by atoms with Gasteiger partial charge in [-0.2, -0.15) is 0 Å². The molecule has 1 aromatic heterocycles. The van der Waals surface area contributed by atoms with E-state index in [0.717, 1.165) is 16.7 Å². The van der Waals surface area contributed by atoms with Gasteiger partial charge in [0.1, 0.15) is 0 Å². The normalized spacial score (nSPS) is 10.7. The molecule has 8 heteroatoms. The molecule has 0 radical (unpaired) electrons. The van der Waals surface area contributed by atoms with E-state index in [1.807, 2.05) is 62.4 Å². The molecule has 0 bridgehead atoms. The smallest absolute Gasteiger partial charge is 0.277 e. The number of carbonyl (C=O) groups is 2. The van der Waals surface area contributed by atoms with Crippen molar-refractivity contribution in [1.82, 2.24) is 15.1 Å². The summed E-state index contributed by atoms with van der Waals surface area (Å²) in [4.78, 5) is 25.6.